The van der Waals surface area contributed by atoms with Crippen molar-refractivity contribution in [3.05, 3.63) is 36.7 Å². The molecule has 0 spiro atoms. The smallest absolute Gasteiger partial charge is 0.132 e. The van der Waals surface area contributed by atoms with Crippen molar-refractivity contribution in [1.29, 1.82) is 0 Å². The fraction of sp³-hybridized carbons (Fsp3) is 0.500. The third kappa shape index (κ3) is 3.16. The Morgan fingerprint density at radius 2 is 1.50 bits per heavy atom. The molecule has 0 saturated carbocycles. The van der Waals surface area contributed by atoms with Crippen LogP contribution in [0.3, 0.4) is 0 Å². The van der Waals surface area contributed by atoms with Crippen molar-refractivity contribution in [3.63, 3.8) is 0 Å². The maximum atomic E-state index is 4.45. The summed E-state index contributed by atoms with van der Waals surface area (Å²) in [6.45, 7) is 10.3. The largest absolute Gasteiger partial charge is 0.353 e. The highest BCUT2D eigenvalue weighted by molar-refractivity contribution is 5.45. The third-order valence-electron chi connectivity index (χ3n) is 3.92. The van der Waals surface area contributed by atoms with Gasteiger partial charge in [-0.15, -0.1) is 0 Å². The first-order chi connectivity index (χ1) is 10.5. The zero-order valence-corrected chi connectivity index (χ0v) is 13.4. The van der Waals surface area contributed by atoms with Crippen molar-refractivity contribution in [2.24, 2.45) is 0 Å². The Kier molecular flexibility index (Phi) is 3.92. The fourth-order valence-electron chi connectivity index (χ4n) is 2.57. The Labute approximate surface area is 131 Å². The van der Waals surface area contributed by atoms with Crippen LogP contribution in [0.25, 0.3) is 0 Å². The molecule has 0 unspecified atom stereocenters. The lowest BCUT2D eigenvalue weighted by molar-refractivity contribution is 0.564. The molecule has 0 radical (unpaired) electrons. The lowest BCUT2D eigenvalue weighted by atomic mass is 9.92. The van der Waals surface area contributed by atoms with E-state index in [0.29, 0.717) is 0 Å². The van der Waals surface area contributed by atoms with Crippen LogP contribution >= 0.6 is 0 Å². The van der Waals surface area contributed by atoms with Crippen LogP contribution in [0.15, 0.2) is 31.0 Å². The maximum absolute atomic E-state index is 4.45. The summed E-state index contributed by atoms with van der Waals surface area (Å²) in [4.78, 5) is 21.7. The minimum atomic E-state index is 0.0421. The van der Waals surface area contributed by atoms with E-state index < -0.39 is 0 Å². The maximum Gasteiger partial charge on any atom is 0.132 e. The first-order valence-corrected chi connectivity index (χ1v) is 7.62. The van der Waals surface area contributed by atoms with E-state index in [0.717, 1.165) is 43.5 Å². The highest BCUT2D eigenvalue weighted by Crippen LogP contribution is 2.23. The molecule has 6 nitrogen and oxygen atoms in total. The van der Waals surface area contributed by atoms with E-state index in [-0.39, 0.29) is 5.41 Å². The topological polar surface area (TPSA) is 58.0 Å². The van der Waals surface area contributed by atoms with E-state index >= 15 is 0 Å². The molecule has 1 aliphatic rings. The molecular formula is C16H22N6. The minimum absolute atomic E-state index is 0.0421. The van der Waals surface area contributed by atoms with E-state index in [9.17, 15) is 0 Å². The van der Waals surface area contributed by atoms with Crippen LogP contribution in [0.1, 0.15) is 26.5 Å². The molecular weight excluding hydrogens is 276 g/mol. The quantitative estimate of drug-likeness (QED) is 0.844. The molecule has 1 fully saturated rings. The number of aromatic nitrogens is 4. The molecule has 0 aromatic carbocycles. The molecule has 0 N–H and O–H groups in total. The van der Waals surface area contributed by atoms with E-state index in [1.807, 2.05) is 6.07 Å². The molecule has 0 aliphatic carbocycles. The van der Waals surface area contributed by atoms with E-state index in [1.54, 1.807) is 18.9 Å². The van der Waals surface area contributed by atoms with Crippen molar-refractivity contribution in [2.75, 3.05) is 36.0 Å². The Morgan fingerprint density at radius 1 is 0.864 bits per heavy atom. The SMILES string of the molecule is CC(C)(C)c1cc(N2CCN(c3ccncn3)CC2)ncn1. The summed E-state index contributed by atoms with van der Waals surface area (Å²) in [6.07, 6.45) is 5.06. The summed E-state index contributed by atoms with van der Waals surface area (Å²) in [6, 6.07) is 4.07. The fourth-order valence-corrected chi connectivity index (χ4v) is 2.57. The van der Waals surface area contributed by atoms with Crippen LogP contribution in [0.4, 0.5) is 11.6 Å². The average molecular weight is 298 g/mol. The Morgan fingerprint density at radius 3 is 2.09 bits per heavy atom. The van der Waals surface area contributed by atoms with Gasteiger partial charge >= 0.3 is 0 Å². The van der Waals surface area contributed by atoms with Gasteiger partial charge in [0.15, 0.2) is 0 Å². The van der Waals surface area contributed by atoms with Crippen molar-refractivity contribution in [3.8, 4) is 0 Å². The molecule has 0 bridgehead atoms. The summed E-state index contributed by atoms with van der Waals surface area (Å²) in [5.41, 5.74) is 1.12. The number of hydrogen-bond donors (Lipinski definition) is 0. The van der Waals surface area contributed by atoms with Crippen molar-refractivity contribution in [1.82, 2.24) is 19.9 Å². The number of nitrogens with zero attached hydrogens (tertiary/aromatic N) is 6. The summed E-state index contributed by atoms with van der Waals surface area (Å²) in [7, 11) is 0. The molecule has 0 atom stereocenters. The normalized spacial score (nSPS) is 16.0. The second-order valence-electron chi connectivity index (χ2n) is 6.55. The van der Waals surface area contributed by atoms with E-state index in [4.69, 9.17) is 0 Å². The Bertz CT molecular complexity index is 614. The first kappa shape index (κ1) is 14.7. The van der Waals surface area contributed by atoms with Crippen LogP contribution < -0.4 is 9.80 Å². The van der Waals surface area contributed by atoms with Gasteiger partial charge in [0, 0.05) is 43.9 Å². The minimum Gasteiger partial charge on any atom is -0.353 e. The molecule has 6 heteroatoms. The molecule has 1 aliphatic heterocycles. The Balaban J connectivity index is 1.69. The third-order valence-corrected chi connectivity index (χ3v) is 3.92. The molecule has 3 rings (SSSR count). The second kappa shape index (κ2) is 5.87. The molecule has 116 valence electrons. The number of hydrogen-bond acceptors (Lipinski definition) is 6. The molecule has 3 heterocycles. The van der Waals surface area contributed by atoms with Gasteiger partial charge in [-0.2, -0.15) is 0 Å². The van der Waals surface area contributed by atoms with Gasteiger partial charge in [0.25, 0.3) is 0 Å². The summed E-state index contributed by atoms with van der Waals surface area (Å²) >= 11 is 0. The highest BCUT2D eigenvalue weighted by Gasteiger charge is 2.21. The van der Waals surface area contributed by atoms with Crippen LogP contribution in [0.2, 0.25) is 0 Å². The predicted octanol–water partition coefficient (Wildman–Crippen LogP) is 1.89. The molecule has 1 saturated heterocycles. The highest BCUT2D eigenvalue weighted by atomic mass is 15.3. The van der Waals surface area contributed by atoms with E-state index in [1.165, 1.54) is 0 Å². The molecule has 0 amide bonds. The van der Waals surface area contributed by atoms with Gasteiger partial charge in [0.05, 0.1) is 5.69 Å². The lowest BCUT2D eigenvalue weighted by Crippen LogP contribution is -2.47. The molecule has 22 heavy (non-hydrogen) atoms. The second-order valence-corrected chi connectivity index (χ2v) is 6.55. The monoisotopic (exact) mass is 298 g/mol. The number of piperazine rings is 1. The van der Waals surface area contributed by atoms with Crippen molar-refractivity contribution >= 4 is 11.6 Å². The number of rotatable bonds is 2. The van der Waals surface area contributed by atoms with Gasteiger partial charge in [-0.25, -0.2) is 19.9 Å². The first-order valence-electron chi connectivity index (χ1n) is 7.62. The summed E-state index contributed by atoms with van der Waals surface area (Å²) in [5.74, 6) is 2.01. The van der Waals surface area contributed by atoms with Crippen molar-refractivity contribution in [2.45, 2.75) is 26.2 Å². The van der Waals surface area contributed by atoms with Gasteiger partial charge in [-0.05, 0) is 6.07 Å². The van der Waals surface area contributed by atoms with Gasteiger partial charge in [0.1, 0.15) is 24.3 Å². The standard InChI is InChI=1S/C16H22N6/c1-16(2,3)13-10-15(20-12-18-13)22-8-6-21(7-9-22)14-4-5-17-11-19-14/h4-5,10-12H,6-9H2,1-3H3. The Hall–Kier alpha value is -2.24. The van der Waals surface area contributed by atoms with Crippen molar-refractivity contribution < 1.29 is 0 Å². The van der Waals surface area contributed by atoms with Crippen LogP contribution in [-0.2, 0) is 5.41 Å². The van der Waals surface area contributed by atoms with E-state index in [2.05, 4.69) is 56.6 Å². The van der Waals surface area contributed by atoms with Crippen LogP contribution in [0, 0.1) is 0 Å². The van der Waals surface area contributed by atoms with Crippen LogP contribution in [0.5, 0.6) is 0 Å². The van der Waals surface area contributed by atoms with Crippen LogP contribution in [-0.4, -0.2) is 46.1 Å². The van der Waals surface area contributed by atoms with Gasteiger partial charge in [-0.1, -0.05) is 20.8 Å². The molecule has 2 aromatic heterocycles. The number of anilines is 2. The van der Waals surface area contributed by atoms with Gasteiger partial charge < -0.3 is 9.80 Å². The molecule has 2 aromatic rings. The zero-order chi connectivity index (χ0) is 15.6. The van der Waals surface area contributed by atoms with Gasteiger partial charge in [0.2, 0.25) is 0 Å². The lowest BCUT2D eigenvalue weighted by Gasteiger charge is -2.36. The summed E-state index contributed by atoms with van der Waals surface area (Å²) < 4.78 is 0. The van der Waals surface area contributed by atoms with Gasteiger partial charge in [-0.3, -0.25) is 0 Å². The average Bonchev–Trinajstić information content (AvgIpc) is 2.55. The predicted molar refractivity (Wildman–Crippen MR) is 87.2 cm³/mol. The summed E-state index contributed by atoms with van der Waals surface area (Å²) in [5, 5.41) is 0. The zero-order valence-electron chi connectivity index (χ0n) is 13.4.